The van der Waals surface area contributed by atoms with Crippen LogP contribution in [0.2, 0.25) is 0 Å². The van der Waals surface area contributed by atoms with Gasteiger partial charge in [-0.3, -0.25) is 4.79 Å². The summed E-state index contributed by atoms with van der Waals surface area (Å²) in [5.41, 5.74) is 1.44. The average Bonchev–Trinajstić information content (AvgIpc) is 2.51. The molecular formula is C18H20F2N2O3S. The topological polar surface area (TPSA) is 66.5 Å². The van der Waals surface area contributed by atoms with Crippen LogP contribution in [-0.2, 0) is 14.8 Å². The van der Waals surface area contributed by atoms with Gasteiger partial charge in [0.05, 0.1) is 10.6 Å². The Balaban J connectivity index is 2.13. The SMILES string of the molecule is CC(=O)N(CCNS(=O)(=O)c1ccc(C)cc1C)c1ccc(F)cc1F. The van der Waals surface area contributed by atoms with Crippen LogP contribution in [-0.4, -0.2) is 27.4 Å². The number of nitrogens with zero attached hydrogens (tertiary/aromatic N) is 1. The highest BCUT2D eigenvalue weighted by molar-refractivity contribution is 7.89. The number of rotatable bonds is 6. The maximum absolute atomic E-state index is 13.9. The van der Waals surface area contributed by atoms with E-state index in [9.17, 15) is 22.0 Å². The third-order valence-electron chi connectivity index (χ3n) is 3.83. The van der Waals surface area contributed by atoms with E-state index in [0.29, 0.717) is 11.6 Å². The Bertz CT molecular complexity index is 930. The first-order valence-corrected chi connectivity index (χ1v) is 9.40. The van der Waals surface area contributed by atoms with Crippen LogP contribution in [0.3, 0.4) is 0 Å². The first-order chi connectivity index (χ1) is 12.1. The van der Waals surface area contributed by atoms with Gasteiger partial charge in [-0.25, -0.2) is 21.9 Å². The lowest BCUT2D eigenvalue weighted by atomic mass is 10.2. The standard InChI is InChI=1S/C18H20F2N2O3S/c1-12-4-7-18(13(2)10-12)26(24,25)21-8-9-22(14(3)23)17-6-5-15(19)11-16(17)20/h4-7,10-11,21H,8-9H2,1-3H3. The number of anilines is 1. The maximum Gasteiger partial charge on any atom is 0.240 e. The number of benzene rings is 2. The van der Waals surface area contributed by atoms with Gasteiger partial charge in [-0.2, -0.15) is 0 Å². The molecule has 0 unspecified atom stereocenters. The van der Waals surface area contributed by atoms with Gasteiger partial charge in [-0.15, -0.1) is 0 Å². The number of nitrogens with one attached hydrogen (secondary N) is 1. The lowest BCUT2D eigenvalue weighted by Crippen LogP contribution is -2.38. The molecule has 0 aromatic heterocycles. The average molecular weight is 382 g/mol. The summed E-state index contributed by atoms with van der Waals surface area (Å²) in [6, 6.07) is 7.81. The minimum atomic E-state index is -3.77. The van der Waals surface area contributed by atoms with Crippen molar-refractivity contribution in [3.8, 4) is 0 Å². The Morgan fingerprint density at radius 3 is 2.38 bits per heavy atom. The molecule has 0 bridgehead atoms. The molecule has 140 valence electrons. The summed E-state index contributed by atoms with van der Waals surface area (Å²) in [7, 11) is -3.77. The number of aryl methyl sites for hydroxylation is 2. The Morgan fingerprint density at radius 2 is 1.81 bits per heavy atom. The molecule has 0 atom stereocenters. The summed E-state index contributed by atoms with van der Waals surface area (Å²) in [5, 5.41) is 0. The Morgan fingerprint density at radius 1 is 1.12 bits per heavy atom. The third-order valence-corrected chi connectivity index (χ3v) is 5.45. The molecule has 8 heteroatoms. The number of hydrogen-bond acceptors (Lipinski definition) is 3. The van der Waals surface area contributed by atoms with Gasteiger partial charge in [0, 0.05) is 26.1 Å². The monoisotopic (exact) mass is 382 g/mol. The van der Waals surface area contributed by atoms with Crippen LogP contribution in [0.5, 0.6) is 0 Å². The number of sulfonamides is 1. The van der Waals surface area contributed by atoms with E-state index in [1.807, 2.05) is 6.92 Å². The number of hydrogen-bond donors (Lipinski definition) is 1. The molecule has 1 amide bonds. The van der Waals surface area contributed by atoms with Crippen LogP contribution in [0, 0.1) is 25.5 Å². The number of amides is 1. The van der Waals surface area contributed by atoms with Gasteiger partial charge in [0.25, 0.3) is 0 Å². The van der Waals surface area contributed by atoms with E-state index in [4.69, 9.17) is 0 Å². The molecule has 1 N–H and O–H groups in total. The second-order valence-electron chi connectivity index (χ2n) is 5.93. The number of halogens is 2. The summed E-state index contributed by atoms with van der Waals surface area (Å²) >= 11 is 0. The zero-order chi connectivity index (χ0) is 19.5. The Labute approximate surface area is 151 Å². The molecule has 0 saturated carbocycles. The second-order valence-corrected chi connectivity index (χ2v) is 7.67. The minimum absolute atomic E-state index is 0.0952. The smallest absolute Gasteiger partial charge is 0.240 e. The molecule has 0 fully saturated rings. The van der Waals surface area contributed by atoms with E-state index in [0.717, 1.165) is 22.6 Å². The van der Waals surface area contributed by atoms with Gasteiger partial charge < -0.3 is 4.90 Å². The molecule has 0 aliphatic rings. The summed E-state index contributed by atoms with van der Waals surface area (Å²) in [6.07, 6.45) is 0. The van der Waals surface area contributed by atoms with Gasteiger partial charge in [0.2, 0.25) is 15.9 Å². The fourth-order valence-corrected chi connectivity index (χ4v) is 3.86. The van der Waals surface area contributed by atoms with Crippen LogP contribution in [0.1, 0.15) is 18.1 Å². The van der Waals surface area contributed by atoms with Crippen molar-refractivity contribution in [2.45, 2.75) is 25.7 Å². The van der Waals surface area contributed by atoms with E-state index < -0.39 is 27.6 Å². The van der Waals surface area contributed by atoms with Crippen LogP contribution < -0.4 is 9.62 Å². The first kappa shape index (κ1) is 20.0. The summed E-state index contributed by atoms with van der Waals surface area (Å²) in [5.74, 6) is -2.14. The largest absolute Gasteiger partial charge is 0.309 e. The molecule has 0 heterocycles. The van der Waals surface area contributed by atoms with Crippen molar-refractivity contribution in [3.05, 3.63) is 59.2 Å². The number of carbonyl (C=O) groups excluding carboxylic acids is 1. The van der Waals surface area contributed by atoms with E-state index in [-0.39, 0.29) is 23.7 Å². The molecule has 0 saturated heterocycles. The van der Waals surface area contributed by atoms with Crippen molar-refractivity contribution in [3.63, 3.8) is 0 Å². The highest BCUT2D eigenvalue weighted by Crippen LogP contribution is 2.20. The van der Waals surface area contributed by atoms with E-state index in [2.05, 4.69) is 4.72 Å². The zero-order valence-electron chi connectivity index (χ0n) is 14.7. The quantitative estimate of drug-likeness (QED) is 0.835. The van der Waals surface area contributed by atoms with Gasteiger partial charge in [0.15, 0.2) is 0 Å². The van der Waals surface area contributed by atoms with E-state index >= 15 is 0 Å². The van der Waals surface area contributed by atoms with Crippen LogP contribution >= 0.6 is 0 Å². The van der Waals surface area contributed by atoms with Crippen molar-refractivity contribution in [1.82, 2.24) is 4.72 Å². The van der Waals surface area contributed by atoms with Crippen LogP contribution in [0.15, 0.2) is 41.3 Å². The predicted molar refractivity (Wildman–Crippen MR) is 95.5 cm³/mol. The number of carbonyl (C=O) groups is 1. The summed E-state index contributed by atoms with van der Waals surface area (Å²) in [6.45, 7) is 4.56. The Hall–Kier alpha value is -2.32. The van der Waals surface area contributed by atoms with Crippen molar-refractivity contribution >= 4 is 21.6 Å². The maximum atomic E-state index is 13.9. The zero-order valence-corrected chi connectivity index (χ0v) is 15.5. The molecular weight excluding hydrogens is 362 g/mol. The highest BCUT2D eigenvalue weighted by atomic mass is 32.2. The highest BCUT2D eigenvalue weighted by Gasteiger charge is 2.19. The molecule has 0 aliphatic carbocycles. The molecule has 26 heavy (non-hydrogen) atoms. The van der Waals surface area contributed by atoms with Crippen molar-refractivity contribution in [2.24, 2.45) is 0 Å². The van der Waals surface area contributed by atoms with Crippen molar-refractivity contribution in [1.29, 1.82) is 0 Å². The third kappa shape index (κ3) is 4.64. The summed E-state index contributed by atoms with van der Waals surface area (Å²) < 4.78 is 54.2. The Kier molecular flexibility index (Phi) is 6.09. The van der Waals surface area contributed by atoms with Crippen molar-refractivity contribution < 1.29 is 22.0 Å². The fourth-order valence-electron chi connectivity index (χ4n) is 2.62. The van der Waals surface area contributed by atoms with Gasteiger partial charge in [0.1, 0.15) is 11.6 Å². The second kappa shape index (κ2) is 7.92. The van der Waals surface area contributed by atoms with E-state index in [1.54, 1.807) is 19.1 Å². The molecule has 2 rings (SSSR count). The normalized spacial score (nSPS) is 11.4. The van der Waals surface area contributed by atoms with Crippen molar-refractivity contribution in [2.75, 3.05) is 18.0 Å². The van der Waals surface area contributed by atoms with Gasteiger partial charge >= 0.3 is 0 Å². The minimum Gasteiger partial charge on any atom is -0.309 e. The molecule has 0 spiro atoms. The fraction of sp³-hybridized carbons (Fsp3) is 0.278. The molecule has 0 aliphatic heterocycles. The van der Waals surface area contributed by atoms with Crippen LogP contribution in [0.25, 0.3) is 0 Å². The molecule has 0 radical (unpaired) electrons. The predicted octanol–water partition coefficient (Wildman–Crippen LogP) is 2.91. The van der Waals surface area contributed by atoms with E-state index in [1.165, 1.54) is 13.0 Å². The lowest BCUT2D eigenvalue weighted by molar-refractivity contribution is -0.116. The van der Waals surface area contributed by atoms with Gasteiger partial charge in [-0.05, 0) is 37.6 Å². The molecule has 2 aromatic carbocycles. The lowest BCUT2D eigenvalue weighted by Gasteiger charge is -2.22. The molecule has 5 nitrogen and oxygen atoms in total. The summed E-state index contributed by atoms with van der Waals surface area (Å²) in [4.78, 5) is 13.0. The first-order valence-electron chi connectivity index (χ1n) is 7.92. The molecule has 2 aromatic rings. The van der Waals surface area contributed by atoms with Crippen LogP contribution in [0.4, 0.5) is 14.5 Å². The van der Waals surface area contributed by atoms with Gasteiger partial charge in [-0.1, -0.05) is 17.7 Å².